The van der Waals surface area contributed by atoms with Crippen molar-refractivity contribution in [2.45, 2.75) is 64.1 Å². The molecule has 26 heavy (non-hydrogen) atoms. The van der Waals surface area contributed by atoms with Gasteiger partial charge in [-0.25, -0.2) is 4.79 Å². The summed E-state index contributed by atoms with van der Waals surface area (Å²) in [5, 5.41) is 20.4. The van der Waals surface area contributed by atoms with Gasteiger partial charge in [-0.3, -0.25) is 0 Å². The second-order valence-electron chi connectivity index (χ2n) is 8.15. The summed E-state index contributed by atoms with van der Waals surface area (Å²) in [4.78, 5) is 11.7. The molecule has 0 saturated carbocycles. The number of rotatable bonds is 5. The van der Waals surface area contributed by atoms with Crippen LogP contribution in [0.3, 0.4) is 0 Å². The first kappa shape index (κ1) is 20.7. The molecule has 2 fully saturated rings. The molecule has 4 N–H and O–H groups in total. The van der Waals surface area contributed by atoms with Crippen molar-refractivity contribution in [3.63, 3.8) is 0 Å². The van der Waals surface area contributed by atoms with Gasteiger partial charge in [0, 0.05) is 36.7 Å². The van der Waals surface area contributed by atoms with E-state index in [2.05, 4.69) is 19.7 Å². The molecule has 0 amide bonds. The highest BCUT2D eigenvalue weighted by Crippen LogP contribution is 2.48. The molecule has 6 nitrogen and oxygen atoms in total. The molecule has 2 bridgehead atoms. The third-order valence-corrected chi connectivity index (χ3v) is 5.62. The number of fused-ring (bicyclic) bond motifs is 2. The number of allylic oxidation sites excluding steroid dienone is 1. The van der Waals surface area contributed by atoms with Gasteiger partial charge >= 0.3 is 5.97 Å². The van der Waals surface area contributed by atoms with Crippen molar-refractivity contribution in [2.24, 2.45) is 23.5 Å². The molecule has 2 aliphatic rings. The van der Waals surface area contributed by atoms with Gasteiger partial charge in [-0.2, -0.15) is 0 Å². The van der Waals surface area contributed by atoms with E-state index < -0.39 is 29.5 Å². The highest BCUT2D eigenvalue weighted by atomic mass is 16.7. The Balaban J connectivity index is 2.44. The molecule has 6 atom stereocenters. The maximum Gasteiger partial charge on any atom is 0.331 e. The second kappa shape index (κ2) is 7.18. The quantitative estimate of drug-likeness (QED) is 0.393. The molecule has 2 rings (SSSR count). The standard InChI is InChI=1S/C20H31NO5/c1-11(2)15(6)25-17-7-12(3)8-19(24)9-13(4)20(21,26-19)10-16(17)14(5)18(22)23/h12-13,16-17,24H,1,5-10,21H2,2-4H3,(H,22,23)/t12?,13?,16?,17-,19-,20+/m0/s1. The number of nitrogens with two attached hydrogens (primary N) is 1. The zero-order valence-corrected chi connectivity index (χ0v) is 16.0. The minimum Gasteiger partial charge on any atom is -0.490 e. The zero-order chi connectivity index (χ0) is 19.9. The number of aliphatic carboxylic acids is 1. The van der Waals surface area contributed by atoms with Crippen molar-refractivity contribution in [1.29, 1.82) is 0 Å². The van der Waals surface area contributed by atoms with Crippen LogP contribution >= 0.6 is 0 Å². The van der Waals surface area contributed by atoms with E-state index in [-0.39, 0.29) is 23.8 Å². The number of aliphatic hydroxyl groups is 1. The van der Waals surface area contributed by atoms with Gasteiger partial charge in [0.2, 0.25) is 0 Å². The van der Waals surface area contributed by atoms with Crippen molar-refractivity contribution < 1.29 is 24.5 Å². The summed E-state index contributed by atoms with van der Waals surface area (Å²) in [5.74, 6) is -2.66. The molecule has 6 heteroatoms. The van der Waals surface area contributed by atoms with Gasteiger partial charge in [-0.15, -0.1) is 0 Å². The normalized spacial score (nSPS) is 40.0. The van der Waals surface area contributed by atoms with Gasteiger partial charge in [-0.1, -0.05) is 33.6 Å². The molecule has 0 aromatic rings. The summed E-state index contributed by atoms with van der Waals surface area (Å²) in [6, 6.07) is 0. The molecule has 0 spiro atoms. The molecule has 3 unspecified atom stereocenters. The van der Waals surface area contributed by atoms with E-state index in [1.54, 1.807) is 6.92 Å². The van der Waals surface area contributed by atoms with Crippen molar-refractivity contribution in [3.05, 3.63) is 36.6 Å². The highest BCUT2D eigenvalue weighted by molar-refractivity contribution is 5.86. The van der Waals surface area contributed by atoms with Crippen LogP contribution in [-0.4, -0.2) is 33.8 Å². The third-order valence-electron chi connectivity index (χ3n) is 5.62. The van der Waals surface area contributed by atoms with Crippen LogP contribution in [-0.2, 0) is 14.3 Å². The molecule has 2 saturated heterocycles. The molecule has 0 aliphatic carbocycles. The van der Waals surface area contributed by atoms with E-state index >= 15 is 0 Å². The summed E-state index contributed by atoms with van der Waals surface area (Å²) >= 11 is 0. The fourth-order valence-corrected chi connectivity index (χ4v) is 4.10. The van der Waals surface area contributed by atoms with E-state index in [1.807, 2.05) is 13.8 Å². The largest absolute Gasteiger partial charge is 0.490 e. The monoisotopic (exact) mass is 365 g/mol. The summed E-state index contributed by atoms with van der Waals surface area (Å²) in [6.07, 6.45) is 1.06. The maximum atomic E-state index is 11.7. The Morgan fingerprint density at radius 1 is 1.23 bits per heavy atom. The van der Waals surface area contributed by atoms with E-state index in [1.165, 1.54) is 0 Å². The number of carboxylic acids is 1. The Kier molecular flexibility index (Phi) is 5.71. The minimum atomic E-state index is -1.30. The number of carbonyl (C=O) groups is 1. The Hall–Kier alpha value is -1.63. The van der Waals surface area contributed by atoms with E-state index in [0.717, 1.165) is 0 Å². The molecule has 2 aliphatic heterocycles. The van der Waals surface area contributed by atoms with E-state index in [9.17, 15) is 15.0 Å². The summed E-state index contributed by atoms with van der Waals surface area (Å²) in [5.41, 5.74) is 6.03. The lowest BCUT2D eigenvalue weighted by Crippen LogP contribution is -2.49. The number of hydrogen-bond acceptors (Lipinski definition) is 5. The number of hydrogen-bond donors (Lipinski definition) is 3. The number of carboxylic acid groups (broad SMARTS) is 1. The van der Waals surface area contributed by atoms with Gasteiger partial charge in [0.25, 0.3) is 0 Å². The predicted octanol–water partition coefficient (Wildman–Crippen LogP) is 2.94. The molecule has 0 radical (unpaired) electrons. The van der Waals surface area contributed by atoms with Crippen LogP contribution in [0.5, 0.6) is 0 Å². The first-order valence-corrected chi connectivity index (χ1v) is 9.02. The van der Waals surface area contributed by atoms with Crippen LogP contribution in [0.15, 0.2) is 36.6 Å². The Labute approximate surface area is 155 Å². The van der Waals surface area contributed by atoms with Crippen LogP contribution in [0.1, 0.15) is 46.5 Å². The average molecular weight is 365 g/mol. The third kappa shape index (κ3) is 4.19. The first-order valence-electron chi connectivity index (χ1n) is 9.02. The second-order valence-corrected chi connectivity index (χ2v) is 8.15. The Morgan fingerprint density at radius 3 is 2.38 bits per heavy atom. The molecule has 146 valence electrons. The van der Waals surface area contributed by atoms with Crippen LogP contribution in [0.4, 0.5) is 0 Å². The SMILES string of the molecule is C=C(C)C(=C)O[C@H]1CC(C)C[C@@]2(O)CC(C)[C@@](N)(CC1C(=C)C(=O)O)O2. The fourth-order valence-electron chi connectivity index (χ4n) is 4.10. The van der Waals surface area contributed by atoms with E-state index in [0.29, 0.717) is 30.6 Å². The van der Waals surface area contributed by atoms with Gasteiger partial charge in [0.1, 0.15) is 17.6 Å². The first-order chi connectivity index (χ1) is 11.9. The Morgan fingerprint density at radius 2 is 1.85 bits per heavy atom. The molecular formula is C20H31NO5. The van der Waals surface area contributed by atoms with Gasteiger partial charge < -0.3 is 25.4 Å². The van der Waals surface area contributed by atoms with Crippen LogP contribution in [0, 0.1) is 17.8 Å². The maximum absolute atomic E-state index is 11.7. The zero-order valence-electron chi connectivity index (χ0n) is 16.0. The topological polar surface area (TPSA) is 102 Å². The van der Waals surface area contributed by atoms with E-state index in [4.69, 9.17) is 15.2 Å². The molecule has 0 aromatic carbocycles. The summed E-state index contributed by atoms with van der Waals surface area (Å²) in [7, 11) is 0. The van der Waals surface area contributed by atoms with Crippen molar-refractivity contribution in [2.75, 3.05) is 0 Å². The van der Waals surface area contributed by atoms with Gasteiger partial charge in [0.05, 0.1) is 0 Å². The molecular weight excluding hydrogens is 334 g/mol. The molecule has 2 heterocycles. The van der Waals surface area contributed by atoms with Gasteiger partial charge in [-0.05, 0) is 24.8 Å². The molecule has 0 aromatic heterocycles. The fraction of sp³-hybridized carbons (Fsp3) is 0.650. The van der Waals surface area contributed by atoms with Gasteiger partial charge in [0.15, 0.2) is 5.79 Å². The average Bonchev–Trinajstić information content (AvgIpc) is 2.73. The lowest BCUT2D eigenvalue weighted by atomic mass is 9.77. The van der Waals surface area contributed by atoms with Crippen molar-refractivity contribution in [1.82, 2.24) is 0 Å². The summed E-state index contributed by atoms with van der Waals surface area (Å²) < 4.78 is 11.9. The Bertz CT molecular complexity index is 630. The van der Waals surface area contributed by atoms with Crippen LogP contribution in [0.25, 0.3) is 0 Å². The van der Waals surface area contributed by atoms with Crippen molar-refractivity contribution >= 4 is 5.97 Å². The predicted molar refractivity (Wildman–Crippen MR) is 98.8 cm³/mol. The van der Waals surface area contributed by atoms with Crippen LogP contribution < -0.4 is 5.73 Å². The highest BCUT2D eigenvalue weighted by Gasteiger charge is 2.55. The summed E-state index contributed by atoms with van der Waals surface area (Å²) in [6.45, 7) is 17.1. The minimum absolute atomic E-state index is 0.0229. The lowest BCUT2D eigenvalue weighted by molar-refractivity contribution is -0.233. The smallest absolute Gasteiger partial charge is 0.331 e. The number of ether oxygens (including phenoxy) is 2. The lowest BCUT2D eigenvalue weighted by Gasteiger charge is -2.36. The van der Waals surface area contributed by atoms with Crippen LogP contribution in [0.2, 0.25) is 0 Å². The van der Waals surface area contributed by atoms with Crippen molar-refractivity contribution in [3.8, 4) is 0 Å².